The van der Waals surface area contributed by atoms with Crippen LogP contribution in [0.1, 0.15) is 206 Å². The summed E-state index contributed by atoms with van der Waals surface area (Å²) in [6, 6.07) is -1.53. The number of aliphatic carboxylic acids is 1. The Morgan fingerprint density at radius 2 is 1.03 bits per heavy atom. The molecule has 0 bridgehead atoms. The summed E-state index contributed by atoms with van der Waals surface area (Å²) in [6.07, 6.45) is 45.3. The Hall–Kier alpha value is -2.34. The van der Waals surface area contributed by atoms with Crippen LogP contribution in [0.4, 0.5) is 0 Å². The van der Waals surface area contributed by atoms with Gasteiger partial charge in [-0.25, -0.2) is 4.57 Å². The van der Waals surface area contributed by atoms with Gasteiger partial charge in [0.15, 0.2) is 6.10 Å². The van der Waals surface area contributed by atoms with Crippen LogP contribution in [0, 0.1) is 0 Å². The molecule has 354 valence electrons. The number of epoxide rings is 1. The minimum atomic E-state index is -4.74. The van der Waals surface area contributed by atoms with Crippen LogP contribution in [0.3, 0.4) is 0 Å². The van der Waals surface area contributed by atoms with Crippen molar-refractivity contribution in [3.8, 4) is 0 Å². The van der Waals surface area contributed by atoms with Crippen LogP contribution in [0.15, 0.2) is 36.5 Å². The largest absolute Gasteiger partial charge is 0.480 e. The molecule has 0 aromatic heterocycles. The van der Waals surface area contributed by atoms with Crippen molar-refractivity contribution in [1.82, 2.24) is 0 Å². The molecule has 0 aromatic carbocycles. The molecule has 0 radical (unpaired) electrons. The maximum absolute atomic E-state index is 12.7. The van der Waals surface area contributed by atoms with E-state index in [0.29, 0.717) is 31.5 Å². The molecule has 1 rings (SSSR count). The van der Waals surface area contributed by atoms with Gasteiger partial charge in [-0.2, -0.15) is 0 Å². The third-order valence-corrected chi connectivity index (χ3v) is 11.7. The SMILES string of the molecule is CCCCC/C=C\CC1OC1C/C=C\C/C=C\CCCC(=O)O[C@H](COC(=O)CCCCCCCCCCCCCCCCCCCCC)COP(=O)(O)OC[C@H](N)C(=O)O. The molecule has 0 aliphatic carbocycles. The normalized spacial score (nSPS) is 17.2. The number of phosphoric acid groups is 1. The van der Waals surface area contributed by atoms with Gasteiger partial charge in [-0.05, 0) is 51.4 Å². The van der Waals surface area contributed by atoms with Crippen molar-refractivity contribution >= 4 is 25.7 Å². The Bertz CT molecular complexity index is 1240. The summed E-state index contributed by atoms with van der Waals surface area (Å²) in [5.74, 6) is -2.45. The molecule has 0 aromatic rings. The second kappa shape index (κ2) is 39.3. The number of carboxylic acids is 1. The molecular weight excluding hydrogens is 797 g/mol. The van der Waals surface area contributed by atoms with Gasteiger partial charge in [0.25, 0.3) is 0 Å². The van der Waals surface area contributed by atoms with Crippen LogP contribution in [-0.4, -0.2) is 72.1 Å². The Labute approximate surface area is 369 Å². The first kappa shape index (κ1) is 56.7. The minimum absolute atomic E-state index is 0.0815. The molecule has 4 N–H and O–H groups in total. The van der Waals surface area contributed by atoms with Crippen molar-refractivity contribution in [2.45, 2.75) is 231 Å². The lowest BCUT2D eigenvalue weighted by Crippen LogP contribution is -2.34. The lowest BCUT2D eigenvalue weighted by atomic mass is 10.0. The van der Waals surface area contributed by atoms with E-state index in [1.807, 2.05) is 12.2 Å². The van der Waals surface area contributed by atoms with E-state index >= 15 is 0 Å². The Morgan fingerprint density at radius 3 is 1.59 bits per heavy atom. The van der Waals surface area contributed by atoms with E-state index < -0.39 is 51.1 Å². The van der Waals surface area contributed by atoms with Gasteiger partial charge in [-0.1, -0.05) is 179 Å². The maximum Gasteiger partial charge on any atom is 0.472 e. The number of ether oxygens (including phenoxy) is 3. The van der Waals surface area contributed by atoms with Crippen LogP contribution in [0.25, 0.3) is 0 Å². The van der Waals surface area contributed by atoms with Crippen molar-refractivity contribution < 1.29 is 52.2 Å². The van der Waals surface area contributed by atoms with Gasteiger partial charge >= 0.3 is 25.7 Å². The first-order chi connectivity index (χ1) is 29.6. The number of esters is 2. The van der Waals surface area contributed by atoms with Crippen molar-refractivity contribution in [3.63, 3.8) is 0 Å². The smallest absolute Gasteiger partial charge is 0.472 e. The van der Waals surface area contributed by atoms with E-state index in [1.165, 1.54) is 116 Å². The zero-order valence-corrected chi connectivity index (χ0v) is 39.1. The van der Waals surface area contributed by atoms with Crippen LogP contribution in [-0.2, 0) is 42.2 Å². The van der Waals surface area contributed by atoms with Gasteiger partial charge in [-0.3, -0.25) is 23.4 Å². The molecule has 13 heteroatoms. The molecule has 12 nitrogen and oxygen atoms in total. The number of nitrogens with two attached hydrogens (primary N) is 1. The predicted octanol–water partition coefficient (Wildman–Crippen LogP) is 12.2. The summed E-state index contributed by atoms with van der Waals surface area (Å²) in [5, 5.41) is 8.91. The van der Waals surface area contributed by atoms with Gasteiger partial charge in [-0.15, -0.1) is 0 Å². The summed E-state index contributed by atoms with van der Waals surface area (Å²) in [7, 11) is -4.74. The molecule has 1 aliphatic rings. The molecular formula is C48H86NO11P. The Balaban J connectivity index is 2.26. The summed E-state index contributed by atoms with van der Waals surface area (Å²) >= 11 is 0. The molecule has 1 heterocycles. The third-order valence-electron chi connectivity index (χ3n) is 10.8. The zero-order chi connectivity index (χ0) is 44.7. The molecule has 1 saturated heterocycles. The highest BCUT2D eigenvalue weighted by Crippen LogP contribution is 2.43. The van der Waals surface area contributed by atoms with E-state index in [-0.39, 0.29) is 19.4 Å². The van der Waals surface area contributed by atoms with Crippen molar-refractivity contribution in [1.29, 1.82) is 0 Å². The second-order valence-corrected chi connectivity index (χ2v) is 18.1. The van der Waals surface area contributed by atoms with Gasteiger partial charge in [0.1, 0.15) is 12.6 Å². The number of carbonyl (C=O) groups is 3. The molecule has 0 saturated carbocycles. The Morgan fingerprint density at radius 1 is 0.590 bits per heavy atom. The van der Waals surface area contributed by atoms with Crippen LogP contribution >= 0.6 is 7.82 Å². The maximum atomic E-state index is 12.7. The van der Waals surface area contributed by atoms with E-state index in [4.69, 9.17) is 29.6 Å². The number of hydrogen-bond donors (Lipinski definition) is 3. The first-order valence-corrected chi connectivity index (χ1v) is 25.6. The summed E-state index contributed by atoms with van der Waals surface area (Å²) in [6.45, 7) is 2.73. The van der Waals surface area contributed by atoms with Crippen molar-refractivity contribution in [3.05, 3.63) is 36.5 Å². The fourth-order valence-corrected chi connectivity index (χ4v) is 7.64. The summed E-state index contributed by atoms with van der Waals surface area (Å²) in [5.41, 5.74) is 5.34. The summed E-state index contributed by atoms with van der Waals surface area (Å²) in [4.78, 5) is 46.1. The zero-order valence-electron chi connectivity index (χ0n) is 38.2. The lowest BCUT2D eigenvalue weighted by Gasteiger charge is -2.20. The number of rotatable bonds is 44. The van der Waals surface area contributed by atoms with E-state index in [9.17, 15) is 23.8 Å². The fraction of sp³-hybridized carbons (Fsp3) is 0.812. The predicted molar refractivity (Wildman–Crippen MR) is 244 cm³/mol. The number of hydrogen-bond acceptors (Lipinski definition) is 10. The molecule has 0 amide bonds. The lowest BCUT2D eigenvalue weighted by molar-refractivity contribution is -0.161. The molecule has 1 aliphatic heterocycles. The standard InChI is InChI=1S/C48H86NO11P/c1-3-5-7-9-11-12-13-14-15-16-17-18-19-20-21-22-25-29-33-37-46(50)56-39-42(40-57-61(54,55)58-41-43(49)48(52)53)59-47(51)38-34-30-26-23-24-28-32-36-45-44(60-45)35-31-27-10-8-6-4-2/h23,26-28,31-32,42-45H,3-22,24-25,29-30,33-41,49H2,1-2H3,(H,52,53)(H,54,55)/b26-23-,31-27-,32-28-/t42-,43+,44?,45?/m1/s1. The number of unbranched alkanes of at least 4 members (excludes halogenated alkanes) is 22. The number of phosphoric ester groups is 1. The van der Waals surface area contributed by atoms with E-state index in [2.05, 4.69) is 42.7 Å². The average Bonchev–Trinajstić information content (AvgIpc) is 3.99. The van der Waals surface area contributed by atoms with Gasteiger partial charge in [0, 0.05) is 12.8 Å². The van der Waals surface area contributed by atoms with E-state index in [0.717, 1.165) is 44.9 Å². The quantitative estimate of drug-likeness (QED) is 0.0173. The monoisotopic (exact) mass is 884 g/mol. The highest BCUT2D eigenvalue weighted by molar-refractivity contribution is 7.47. The van der Waals surface area contributed by atoms with E-state index in [1.54, 1.807) is 0 Å². The number of carboxylic acid groups (broad SMARTS) is 1. The van der Waals surface area contributed by atoms with Crippen molar-refractivity contribution in [2.75, 3.05) is 19.8 Å². The highest BCUT2D eigenvalue weighted by Gasteiger charge is 2.36. The summed E-state index contributed by atoms with van der Waals surface area (Å²) < 4.78 is 38.5. The number of carbonyl (C=O) groups excluding carboxylic acids is 2. The molecule has 61 heavy (non-hydrogen) atoms. The van der Waals surface area contributed by atoms with Crippen molar-refractivity contribution in [2.24, 2.45) is 5.73 Å². The third kappa shape index (κ3) is 36.8. The Kier molecular flexibility index (Phi) is 36.5. The van der Waals surface area contributed by atoms with Crippen LogP contribution in [0.5, 0.6) is 0 Å². The van der Waals surface area contributed by atoms with Gasteiger partial charge in [0.05, 0.1) is 25.4 Å². The average molecular weight is 884 g/mol. The van der Waals surface area contributed by atoms with Gasteiger partial charge in [0.2, 0.25) is 0 Å². The molecule has 1 fully saturated rings. The number of allylic oxidation sites excluding steroid dienone is 4. The van der Waals surface area contributed by atoms with Gasteiger partial charge < -0.3 is 29.9 Å². The fourth-order valence-electron chi connectivity index (χ4n) is 6.86. The molecule has 3 unspecified atom stereocenters. The van der Waals surface area contributed by atoms with Crippen LogP contribution in [0.2, 0.25) is 0 Å². The molecule has 5 atom stereocenters. The first-order valence-electron chi connectivity index (χ1n) is 24.1. The molecule has 0 spiro atoms. The topological polar surface area (TPSA) is 184 Å². The minimum Gasteiger partial charge on any atom is -0.480 e. The van der Waals surface area contributed by atoms with Crippen LogP contribution < -0.4 is 5.73 Å². The highest BCUT2D eigenvalue weighted by atomic mass is 31.2. The second-order valence-electron chi connectivity index (χ2n) is 16.6.